The SMILES string of the molecule is O=C(/C=C/c1ccccc1)[Te]c1ccc(F)cc1. The van der Waals surface area contributed by atoms with Gasteiger partial charge in [-0.25, -0.2) is 0 Å². The third-order valence-electron chi connectivity index (χ3n) is 2.24. The molecule has 0 aliphatic carbocycles. The molecule has 0 heterocycles. The van der Waals surface area contributed by atoms with Crippen molar-refractivity contribution in [3.8, 4) is 0 Å². The van der Waals surface area contributed by atoms with Crippen LogP contribution in [0.2, 0.25) is 0 Å². The summed E-state index contributed by atoms with van der Waals surface area (Å²) in [5.41, 5.74) is 1.01. The number of hydrogen-bond donors (Lipinski definition) is 0. The Morgan fingerprint density at radius 2 is 1.67 bits per heavy atom. The first-order valence-corrected chi connectivity index (χ1v) is 7.77. The Hall–Kier alpha value is -1.43. The Labute approximate surface area is 115 Å². The molecule has 2 aromatic carbocycles. The number of rotatable bonds is 4. The van der Waals surface area contributed by atoms with Gasteiger partial charge in [0, 0.05) is 0 Å². The van der Waals surface area contributed by atoms with E-state index in [2.05, 4.69) is 0 Å². The summed E-state index contributed by atoms with van der Waals surface area (Å²) < 4.78 is 13.8. The van der Waals surface area contributed by atoms with Crippen molar-refractivity contribution in [2.75, 3.05) is 0 Å². The summed E-state index contributed by atoms with van der Waals surface area (Å²) >= 11 is -0.928. The fourth-order valence-corrected chi connectivity index (χ4v) is 3.21. The molecule has 0 fully saturated rings. The average molecular weight is 354 g/mol. The molecule has 0 radical (unpaired) electrons. The Kier molecular flexibility index (Phi) is 4.69. The standard InChI is InChI=1S/C15H11FOTe/c16-13-7-9-14(10-8-13)18-15(17)11-6-12-4-2-1-3-5-12/h1-11H/b11-6+. The Morgan fingerprint density at radius 3 is 2.33 bits per heavy atom. The van der Waals surface area contributed by atoms with Crippen LogP contribution in [0.5, 0.6) is 0 Å². The molecular formula is C15H11FOTe. The van der Waals surface area contributed by atoms with Crippen molar-refractivity contribution in [3.05, 3.63) is 72.1 Å². The second-order valence-corrected chi connectivity index (χ2v) is 6.70. The molecule has 0 bridgehead atoms. The minimum absolute atomic E-state index is 0.135. The Morgan fingerprint density at radius 1 is 1.00 bits per heavy atom. The molecule has 2 aromatic rings. The third-order valence-corrected chi connectivity index (χ3v) is 4.66. The van der Waals surface area contributed by atoms with Crippen molar-refractivity contribution in [2.24, 2.45) is 0 Å². The first kappa shape index (κ1) is 13.0. The third kappa shape index (κ3) is 4.10. The predicted molar refractivity (Wildman–Crippen MR) is 72.3 cm³/mol. The zero-order valence-corrected chi connectivity index (χ0v) is 11.9. The van der Waals surface area contributed by atoms with Crippen molar-refractivity contribution in [1.29, 1.82) is 0 Å². The molecule has 0 aliphatic rings. The van der Waals surface area contributed by atoms with Crippen LogP contribution in [0, 0.1) is 5.82 Å². The minimum atomic E-state index is -0.928. The van der Waals surface area contributed by atoms with E-state index in [-0.39, 0.29) is 9.65 Å². The van der Waals surface area contributed by atoms with E-state index in [1.54, 1.807) is 18.2 Å². The predicted octanol–water partition coefficient (Wildman–Crippen LogP) is 2.40. The summed E-state index contributed by atoms with van der Waals surface area (Å²) in [5, 5.41) is 0. The zero-order valence-electron chi connectivity index (χ0n) is 9.55. The molecule has 0 spiro atoms. The summed E-state index contributed by atoms with van der Waals surface area (Å²) in [5.74, 6) is -0.265. The van der Waals surface area contributed by atoms with Crippen molar-refractivity contribution in [1.82, 2.24) is 0 Å². The van der Waals surface area contributed by atoms with Crippen LogP contribution < -0.4 is 3.61 Å². The van der Waals surface area contributed by atoms with Crippen molar-refractivity contribution in [2.45, 2.75) is 0 Å². The van der Waals surface area contributed by atoms with E-state index in [0.29, 0.717) is 0 Å². The topological polar surface area (TPSA) is 17.1 Å². The Balaban J connectivity index is 1.97. The van der Waals surface area contributed by atoms with E-state index in [9.17, 15) is 9.18 Å². The molecule has 0 amide bonds. The van der Waals surface area contributed by atoms with Gasteiger partial charge in [-0.1, -0.05) is 0 Å². The van der Waals surface area contributed by atoms with Gasteiger partial charge in [0.25, 0.3) is 0 Å². The van der Waals surface area contributed by atoms with Crippen LogP contribution in [-0.4, -0.2) is 24.8 Å². The molecule has 0 aliphatic heterocycles. The zero-order chi connectivity index (χ0) is 12.8. The molecule has 90 valence electrons. The summed E-state index contributed by atoms with van der Waals surface area (Å²) in [7, 11) is 0. The van der Waals surface area contributed by atoms with Gasteiger partial charge in [0.05, 0.1) is 0 Å². The van der Waals surface area contributed by atoms with Gasteiger partial charge in [0.15, 0.2) is 0 Å². The second-order valence-electron chi connectivity index (χ2n) is 3.62. The summed E-state index contributed by atoms with van der Waals surface area (Å²) in [6, 6.07) is 15.9. The first-order chi connectivity index (χ1) is 8.74. The second kappa shape index (κ2) is 6.49. The van der Waals surface area contributed by atoms with E-state index < -0.39 is 20.9 Å². The molecule has 0 unspecified atom stereocenters. The maximum atomic E-state index is 12.7. The van der Waals surface area contributed by atoms with Crippen LogP contribution >= 0.6 is 0 Å². The van der Waals surface area contributed by atoms with Gasteiger partial charge in [-0.3, -0.25) is 0 Å². The van der Waals surface area contributed by atoms with Gasteiger partial charge in [-0.05, 0) is 0 Å². The number of carbonyl (C=O) groups excluding carboxylic acids is 1. The molecule has 3 heteroatoms. The number of benzene rings is 2. The molecule has 1 nitrogen and oxygen atoms in total. The van der Waals surface area contributed by atoms with Crippen molar-refractivity contribution < 1.29 is 9.18 Å². The first-order valence-electron chi connectivity index (χ1n) is 5.44. The monoisotopic (exact) mass is 356 g/mol. The summed E-state index contributed by atoms with van der Waals surface area (Å²) in [6.45, 7) is 0. The van der Waals surface area contributed by atoms with Gasteiger partial charge in [0.2, 0.25) is 0 Å². The average Bonchev–Trinajstić information content (AvgIpc) is 2.40. The normalized spacial score (nSPS) is 10.7. The quantitative estimate of drug-likeness (QED) is 0.609. The molecule has 0 saturated heterocycles. The molecule has 0 N–H and O–H groups in total. The van der Waals surface area contributed by atoms with E-state index in [4.69, 9.17) is 0 Å². The molecule has 0 saturated carbocycles. The van der Waals surface area contributed by atoms with Crippen molar-refractivity contribution in [3.63, 3.8) is 0 Å². The summed E-state index contributed by atoms with van der Waals surface area (Å²) in [6.07, 6.45) is 3.43. The summed E-state index contributed by atoms with van der Waals surface area (Å²) in [4.78, 5) is 11.7. The van der Waals surface area contributed by atoms with Crippen LogP contribution in [0.4, 0.5) is 4.39 Å². The molecule has 0 atom stereocenters. The van der Waals surface area contributed by atoms with E-state index in [1.165, 1.54) is 12.1 Å². The fourth-order valence-electron chi connectivity index (χ4n) is 1.38. The van der Waals surface area contributed by atoms with Gasteiger partial charge in [0.1, 0.15) is 0 Å². The van der Waals surface area contributed by atoms with Crippen molar-refractivity contribution >= 4 is 34.4 Å². The van der Waals surface area contributed by atoms with Gasteiger partial charge < -0.3 is 0 Å². The van der Waals surface area contributed by atoms with Crippen LogP contribution in [0.1, 0.15) is 5.56 Å². The van der Waals surface area contributed by atoms with Crippen LogP contribution in [0.3, 0.4) is 0 Å². The van der Waals surface area contributed by atoms with Gasteiger partial charge in [-0.15, -0.1) is 0 Å². The molecule has 0 aromatic heterocycles. The Bertz CT molecular complexity index is 546. The number of allylic oxidation sites excluding steroid dienone is 1. The van der Waals surface area contributed by atoms with E-state index in [0.717, 1.165) is 9.17 Å². The van der Waals surface area contributed by atoms with E-state index in [1.807, 2.05) is 36.4 Å². The van der Waals surface area contributed by atoms with Gasteiger partial charge >= 0.3 is 116 Å². The molecule has 2 rings (SSSR count). The fraction of sp³-hybridized carbons (Fsp3) is 0. The van der Waals surface area contributed by atoms with Crippen LogP contribution in [0.15, 0.2) is 60.7 Å². The molecule has 18 heavy (non-hydrogen) atoms. The number of halogens is 1. The van der Waals surface area contributed by atoms with Crippen LogP contribution in [-0.2, 0) is 4.79 Å². The van der Waals surface area contributed by atoms with Crippen LogP contribution in [0.25, 0.3) is 6.08 Å². The number of carbonyl (C=O) groups is 1. The number of hydrogen-bond acceptors (Lipinski definition) is 1. The van der Waals surface area contributed by atoms with Gasteiger partial charge in [-0.2, -0.15) is 0 Å². The molecular weight excluding hydrogens is 343 g/mol. The van der Waals surface area contributed by atoms with E-state index >= 15 is 0 Å². The maximum absolute atomic E-state index is 12.7.